The number of nitrogens with zero attached hydrogens (tertiary/aromatic N) is 6. The van der Waals surface area contributed by atoms with E-state index >= 15 is 0 Å². The average Bonchev–Trinajstić information content (AvgIpc) is 3.29. The first-order valence-corrected chi connectivity index (χ1v) is 12.8. The van der Waals surface area contributed by atoms with Gasteiger partial charge in [0.1, 0.15) is 28.9 Å². The van der Waals surface area contributed by atoms with Crippen molar-refractivity contribution in [3.63, 3.8) is 0 Å². The molecule has 0 bridgehead atoms. The van der Waals surface area contributed by atoms with Crippen molar-refractivity contribution in [2.24, 2.45) is 0 Å². The third kappa shape index (κ3) is 4.25. The highest BCUT2D eigenvalue weighted by Gasteiger charge is 2.53. The molecule has 0 radical (unpaired) electrons. The van der Waals surface area contributed by atoms with Gasteiger partial charge in [0, 0.05) is 43.1 Å². The number of aromatic nitrogens is 2. The molecule has 8 nitrogen and oxygen atoms in total. The smallest absolute Gasteiger partial charge is 0.240 e. The predicted octanol–water partition coefficient (Wildman–Crippen LogP) is 4.16. The van der Waals surface area contributed by atoms with E-state index in [1.165, 1.54) is 6.07 Å². The molecule has 2 aromatic carbocycles. The fourth-order valence-corrected chi connectivity index (χ4v) is 5.61. The molecule has 1 spiro atoms. The number of likely N-dealkylation sites (N-methyl/N-ethyl adjacent to an activating group) is 1. The predicted molar refractivity (Wildman–Crippen MR) is 146 cm³/mol. The summed E-state index contributed by atoms with van der Waals surface area (Å²) in [4.78, 5) is 29.8. The zero-order valence-corrected chi connectivity index (χ0v) is 22.4. The molecule has 0 aliphatic carbocycles. The quantitative estimate of drug-likeness (QED) is 0.548. The standard InChI is InChI=1S/C29H32FN7O/c1-18(23-8-6-7-20(15-31)25(23)30)32-27-24-16-37(22-11-9-21(10-12-22)35(3)4)28(38)29(13-14-36(5)17-29)26(24)33-19(2)34-27/h6-12,18H,13-14,16-17H2,1-5H3,(H,32,33,34)/t18-,29?/m1/s1. The Balaban J connectivity index is 1.60. The molecule has 2 atom stereocenters. The molecule has 196 valence electrons. The van der Waals surface area contributed by atoms with Crippen LogP contribution in [0, 0.1) is 24.1 Å². The Bertz CT molecular complexity index is 1430. The number of likely N-dealkylation sites (tertiary alicyclic amines) is 1. The van der Waals surface area contributed by atoms with Crippen molar-refractivity contribution in [3.05, 3.63) is 76.5 Å². The van der Waals surface area contributed by atoms with Gasteiger partial charge >= 0.3 is 0 Å². The van der Waals surface area contributed by atoms with Crippen LogP contribution in [-0.4, -0.2) is 55.0 Å². The fraction of sp³-hybridized carbons (Fsp3) is 0.379. The second-order valence-electron chi connectivity index (χ2n) is 10.5. The van der Waals surface area contributed by atoms with Crippen molar-refractivity contribution in [3.8, 4) is 6.07 Å². The minimum absolute atomic E-state index is 0.00272. The SMILES string of the molecule is Cc1nc(N[C@H](C)c2cccc(C#N)c2F)c2c(n1)C1(CCN(C)C1)C(=O)N(c1ccc(N(C)C)cc1)C2. The van der Waals surface area contributed by atoms with E-state index in [9.17, 15) is 14.4 Å². The number of nitriles is 1. The maximum atomic E-state index is 15.0. The van der Waals surface area contributed by atoms with Crippen molar-refractivity contribution >= 4 is 23.1 Å². The number of anilines is 3. The maximum Gasteiger partial charge on any atom is 0.240 e. The molecular formula is C29H32FN7O. The van der Waals surface area contributed by atoms with E-state index in [0.29, 0.717) is 36.7 Å². The Morgan fingerprint density at radius 1 is 1.18 bits per heavy atom. The second-order valence-corrected chi connectivity index (χ2v) is 10.5. The molecule has 0 saturated carbocycles. The largest absolute Gasteiger partial charge is 0.378 e. The Morgan fingerprint density at radius 2 is 1.92 bits per heavy atom. The molecule has 5 rings (SSSR count). The van der Waals surface area contributed by atoms with E-state index in [-0.39, 0.29) is 11.5 Å². The second kappa shape index (κ2) is 9.69. The molecule has 3 heterocycles. The Morgan fingerprint density at radius 3 is 2.55 bits per heavy atom. The van der Waals surface area contributed by atoms with Gasteiger partial charge in [-0.3, -0.25) is 4.79 Å². The van der Waals surface area contributed by atoms with Gasteiger partial charge in [0.25, 0.3) is 0 Å². The van der Waals surface area contributed by atoms with Crippen LogP contribution in [0.2, 0.25) is 0 Å². The lowest BCUT2D eigenvalue weighted by molar-refractivity contribution is -0.124. The summed E-state index contributed by atoms with van der Waals surface area (Å²) in [5.74, 6) is 0.631. The van der Waals surface area contributed by atoms with Crippen molar-refractivity contribution in [2.75, 3.05) is 49.3 Å². The summed E-state index contributed by atoms with van der Waals surface area (Å²) in [7, 11) is 5.98. The summed E-state index contributed by atoms with van der Waals surface area (Å²) >= 11 is 0. The topological polar surface area (TPSA) is 88.4 Å². The Labute approximate surface area is 222 Å². The molecule has 1 N–H and O–H groups in total. The first kappa shape index (κ1) is 25.6. The summed E-state index contributed by atoms with van der Waals surface area (Å²) in [6, 6.07) is 14.2. The molecule has 2 aliphatic rings. The number of aryl methyl sites for hydroxylation is 1. The van der Waals surface area contributed by atoms with Crippen LogP contribution < -0.4 is 15.1 Å². The molecule has 1 saturated heterocycles. The number of rotatable bonds is 5. The highest BCUT2D eigenvalue weighted by Crippen LogP contribution is 2.44. The molecule has 3 aromatic rings. The van der Waals surface area contributed by atoms with Crippen LogP contribution in [-0.2, 0) is 16.8 Å². The number of carbonyl (C=O) groups excluding carboxylic acids is 1. The third-order valence-electron chi connectivity index (χ3n) is 7.65. The van der Waals surface area contributed by atoms with Crippen LogP contribution >= 0.6 is 0 Å². The fourth-order valence-electron chi connectivity index (χ4n) is 5.61. The van der Waals surface area contributed by atoms with Gasteiger partial charge in [0.15, 0.2) is 0 Å². The van der Waals surface area contributed by atoms with Gasteiger partial charge in [-0.15, -0.1) is 0 Å². The molecular weight excluding hydrogens is 481 g/mol. The first-order valence-electron chi connectivity index (χ1n) is 12.8. The van der Waals surface area contributed by atoms with Crippen molar-refractivity contribution in [2.45, 2.75) is 38.3 Å². The van der Waals surface area contributed by atoms with Gasteiger partial charge in [-0.1, -0.05) is 12.1 Å². The Kier molecular flexibility index (Phi) is 6.53. The van der Waals surface area contributed by atoms with Crippen LogP contribution in [0.25, 0.3) is 0 Å². The first-order chi connectivity index (χ1) is 18.1. The van der Waals surface area contributed by atoms with Crippen LogP contribution in [0.4, 0.5) is 21.6 Å². The average molecular weight is 514 g/mol. The number of carbonyl (C=O) groups is 1. The van der Waals surface area contributed by atoms with Gasteiger partial charge in [-0.05, 0) is 64.2 Å². The van der Waals surface area contributed by atoms with E-state index in [0.717, 1.165) is 29.2 Å². The van der Waals surface area contributed by atoms with Crippen molar-refractivity contribution < 1.29 is 9.18 Å². The van der Waals surface area contributed by atoms with Crippen LogP contribution in [0.1, 0.15) is 47.6 Å². The molecule has 9 heteroatoms. The van der Waals surface area contributed by atoms with E-state index < -0.39 is 17.3 Å². The van der Waals surface area contributed by atoms with Gasteiger partial charge in [0.2, 0.25) is 5.91 Å². The number of hydrogen-bond acceptors (Lipinski definition) is 7. The number of nitrogens with one attached hydrogen (secondary N) is 1. The van der Waals surface area contributed by atoms with Crippen molar-refractivity contribution in [1.29, 1.82) is 5.26 Å². The zero-order valence-electron chi connectivity index (χ0n) is 22.4. The van der Waals surface area contributed by atoms with Crippen LogP contribution in [0.3, 0.4) is 0 Å². The van der Waals surface area contributed by atoms with E-state index in [2.05, 4.69) is 10.2 Å². The van der Waals surface area contributed by atoms with Gasteiger partial charge in [-0.2, -0.15) is 5.26 Å². The van der Waals surface area contributed by atoms with Crippen LogP contribution in [0.5, 0.6) is 0 Å². The molecule has 2 aliphatic heterocycles. The summed E-state index contributed by atoms with van der Waals surface area (Å²) in [5, 5.41) is 12.7. The minimum atomic E-state index is -0.790. The van der Waals surface area contributed by atoms with Crippen LogP contribution in [0.15, 0.2) is 42.5 Å². The number of hydrogen-bond donors (Lipinski definition) is 1. The molecule has 1 unspecified atom stereocenters. The van der Waals surface area contributed by atoms with E-state index in [1.807, 2.05) is 75.1 Å². The normalized spacial score (nSPS) is 19.8. The Hall–Kier alpha value is -4.03. The highest BCUT2D eigenvalue weighted by atomic mass is 19.1. The third-order valence-corrected chi connectivity index (χ3v) is 7.65. The highest BCUT2D eigenvalue weighted by molar-refractivity contribution is 6.03. The monoisotopic (exact) mass is 513 g/mol. The number of halogens is 1. The minimum Gasteiger partial charge on any atom is -0.378 e. The van der Waals surface area contributed by atoms with Gasteiger partial charge in [-0.25, -0.2) is 14.4 Å². The lowest BCUT2D eigenvalue weighted by Gasteiger charge is -2.41. The summed E-state index contributed by atoms with van der Waals surface area (Å²) in [5.41, 5.74) is 3.04. The lowest BCUT2D eigenvalue weighted by Crippen LogP contribution is -2.53. The number of fused-ring (bicyclic) bond motifs is 2. The van der Waals surface area contributed by atoms with E-state index in [1.54, 1.807) is 12.1 Å². The maximum absolute atomic E-state index is 15.0. The summed E-state index contributed by atoms with van der Waals surface area (Å²) in [6.45, 7) is 5.31. The summed E-state index contributed by atoms with van der Waals surface area (Å²) in [6.07, 6.45) is 0.659. The van der Waals surface area contributed by atoms with Gasteiger partial charge in [0.05, 0.1) is 23.8 Å². The molecule has 1 fully saturated rings. The van der Waals surface area contributed by atoms with Crippen molar-refractivity contribution in [1.82, 2.24) is 14.9 Å². The lowest BCUT2D eigenvalue weighted by atomic mass is 9.76. The summed E-state index contributed by atoms with van der Waals surface area (Å²) < 4.78 is 15.0. The molecule has 1 aromatic heterocycles. The van der Waals surface area contributed by atoms with E-state index in [4.69, 9.17) is 9.97 Å². The molecule has 38 heavy (non-hydrogen) atoms. The zero-order chi connectivity index (χ0) is 27.2. The van der Waals surface area contributed by atoms with Gasteiger partial charge < -0.3 is 20.0 Å². The number of benzene rings is 2. The molecule has 1 amide bonds. The number of amides is 1.